The Labute approximate surface area is 265 Å². The van der Waals surface area contributed by atoms with Gasteiger partial charge in [-0.1, -0.05) is 77.9 Å². The molecule has 0 aliphatic heterocycles. The number of benzene rings is 2. The molecule has 0 radical (unpaired) electrons. The molecule has 0 N–H and O–H groups in total. The van der Waals surface area contributed by atoms with Gasteiger partial charge in [0.1, 0.15) is 0 Å². The molecule has 4 aliphatic carbocycles. The molecule has 240 valence electrons. The van der Waals surface area contributed by atoms with Crippen molar-refractivity contribution in [3.63, 3.8) is 0 Å². The lowest BCUT2D eigenvalue weighted by Gasteiger charge is -2.59. The van der Waals surface area contributed by atoms with Gasteiger partial charge >= 0.3 is 33.6 Å². The highest BCUT2D eigenvalue weighted by molar-refractivity contribution is 7.86. The molecule has 2 aromatic carbocycles. The first-order valence-electron chi connectivity index (χ1n) is 15.2. The summed E-state index contributed by atoms with van der Waals surface area (Å²) in [6, 6.07) is 18.0. The van der Waals surface area contributed by atoms with E-state index in [0.717, 1.165) is 19.3 Å². The highest BCUT2D eigenvalue weighted by atomic mass is 127. The zero-order valence-electron chi connectivity index (χ0n) is 26.0. The number of halogens is 5. The quantitative estimate of drug-likeness (QED) is 0.205. The van der Waals surface area contributed by atoms with E-state index in [1.165, 1.54) is 11.1 Å². The van der Waals surface area contributed by atoms with Gasteiger partial charge in [-0.2, -0.15) is 0 Å². The Morgan fingerprint density at radius 1 is 0.791 bits per heavy atom. The van der Waals surface area contributed by atoms with E-state index in [-0.39, 0.29) is 49.8 Å². The van der Waals surface area contributed by atoms with Gasteiger partial charge in [0, 0.05) is 17.5 Å². The molecule has 2 aromatic rings. The van der Waals surface area contributed by atoms with Gasteiger partial charge in [0.05, 0.1) is 15.4 Å². The molecule has 0 heterocycles. The molecule has 4 aliphatic rings. The van der Waals surface area contributed by atoms with Crippen LogP contribution >= 0.6 is 0 Å². The van der Waals surface area contributed by atoms with Gasteiger partial charge in [-0.15, -0.1) is 0 Å². The van der Waals surface area contributed by atoms with E-state index in [9.17, 15) is 30.5 Å². The molecule has 1 atom stereocenters. The molecule has 0 aromatic heterocycles. The summed E-state index contributed by atoms with van der Waals surface area (Å²) in [6.45, 7) is 13.9. The molecule has 0 spiro atoms. The summed E-state index contributed by atoms with van der Waals surface area (Å²) in [5.74, 6) is -3.70. The minimum absolute atomic E-state index is 0.147. The Kier molecular flexibility index (Phi) is 10.1. The van der Waals surface area contributed by atoms with Crippen LogP contribution in [0, 0.1) is 30.3 Å². The molecule has 6 rings (SSSR count). The van der Waals surface area contributed by atoms with E-state index in [4.69, 9.17) is 0 Å². The second-order valence-corrected chi connectivity index (χ2v) is 19.5. The molecule has 4 saturated carbocycles. The first kappa shape index (κ1) is 34.7. The molecule has 0 saturated heterocycles. The summed E-state index contributed by atoms with van der Waals surface area (Å²) >= 11 is -0.147. The van der Waals surface area contributed by atoms with Crippen molar-refractivity contribution in [3.05, 3.63) is 66.8 Å². The van der Waals surface area contributed by atoms with Crippen LogP contribution in [0.15, 0.2) is 48.5 Å². The molecule has 0 amide bonds. The molecule has 1 unspecified atom stereocenters. The van der Waals surface area contributed by atoms with E-state index in [1.54, 1.807) is 7.14 Å². The highest BCUT2D eigenvalue weighted by Crippen LogP contribution is 2.63. The van der Waals surface area contributed by atoms with Crippen LogP contribution in [0.5, 0.6) is 0 Å². The van der Waals surface area contributed by atoms with E-state index in [0.29, 0.717) is 19.3 Å². The van der Waals surface area contributed by atoms with Crippen molar-refractivity contribution in [2.24, 2.45) is 23.2 Å². The molecule has 9 heteroatoms. The average molecular weight is 737 g/mol. The zero-order valence-corrected chi connectivity index (χ0v) is 29.0. The van der Waals surface area contributed by atoms with Crippen LogP contribution in [-0.4, -0.2) is 30.6 Å². The summed E-state index contributed by atoms with van der Waals surface area (Å²) in [5, 5.41) is -1.91. The fourth-order valence-electron chi connectivity index (χ4n) is 7.95. The van der Waals surface area contributed by atoms with Gasteiger partial charge < -0.3 is 4.55 Å². The normalized spacial score (nSPS) is 26.3. The maximum atomic E-state index is 13.5. The van der Waals surface area contributed by atoms with Gasteiger partial charge in [0.25, 0.3) is 0 Å². The summed E-state index contributed by atoms with van der Waals surface area (Å²) in [6.07, 6.45) is -1.46. The third-order valence-electron chi connectivity index (χ3n) is 9.46. The average Bonchev–Trinajstić information content (AvgIpc) is 2.85. The fourth-order valence-corrected chi connectivity index (χ4v) is 13.2. The lowest BCUT2D eigenvalue weighted by atomic mass is 9.48. The molecule has 4 bridgehead atoms. The number of hydrogen-bond acceptors (Lipinski definition) is 3. The van der Waals surface area contributed by atoms with Gasteiger partial charge in [-0.3, -0.25) is 0 Å². The number of hydrogen-bond donors (Lipinski definition) is 0. The maximum absolute atomic E-state index is 13.5. The van der Waals surface area contributed by atoms with E-state index < -0.39 is 39.6 Å². The highest BCUT2D eigenvalue weighted by Gasteiger charge is 2.58. The van der Waals surface area contributed by atoms with E-state index in [1.807, 2.05) is 0 Å². The summed E-state index contributed by atoms with van der Waals surface area (Å²) in [4.78, 5) is 0. The number of rotatable bonds is 7. The lowest BCUT2D eigenvalue weighted by Crippen LogP contribution is -3.62. The zero-order chi connectivity index (χ0) is 32.0. The van der Waals surface area contributed by atoms with Crippen LogP contribution < -0.4 is 21.2 Å². The Morgan fingerprint density at radius 2 is 1.16 bits per heavy atom. The van der Waals surface area contributed by atoms with Crippen LogP contribution in [0.4, 0.5) is 17.6 Å². The maximum Gasteiger partial charge on any atom is 0.358 e. The van der Waals surface area contributed by atoms with Crippen molar-refractivity contribution in [1.29, 1.82) is 0 Å². The third-order valence-corrected chi connectivity index (χ3v) is 13.9. The van der Waals surface area contributed by atoms with E-state index in [2.05, 4.69) is 90.1 Å². The summed E-state index contributed by atoms with van der Waals surface area (Å²) < 4.78 is 89.8. The monoisotopic (exact) mass is 736 g/mol. The predicted molar refractivity (Wildman–Crippen MR) is 157 cm³/mol. The molecule has 43 heavy (non-hydrogen) atoms. The SMILES string of the molecule is CC(C)(C)c1ccccc1[I+]c1ccccc1C(C)(C)C.O=S(=O)([O-])C(CC(F)(F)C(F)F)C12CC3CC(CC(C3)C1)C2. The van der Waals surface area contributed by atoms with Crippen LogP contribution in [0.3, 0.4) is 0 Å². The third kappa shape index (κ3) is 8.15. The molecule has 3 nitrogen and oxygen atoms in total. The van der Waals surface area contributed by atoms with Crippen molar-refractivity contribution in [1.82, 2.24) is 0 Å². The molecular weight excluding hydrogens is 691 g/mol. The van der Waals surface area contributed by atoms with Gasteiger partial charge in [-0.25, -0.2) is 26.0 Å². The largest absolute Gasteiger partial charge is 0.748 e. The van der Waals surface area contributed by atoms with Crippen molar-refractivity contribution >= 4 is 10.1 Å². The minimum atomic E-state index is -5.06. The predicted octanol–water partition coefficient (Wildman–Crippen LogP) is 5.82. The Bertz CT molecular complexity index is 1290. The van der Waals surface area contributed by atoms with Gasteiger partial charge in [0.2, 0.25) is 0 Å². The second-order valence-electron chi connectivity index (χ2n) is 15.1. The van der Waals surface area contributed by atoms with Gasteiger partial charge in [-0.05, 0) is 84.7 Å². The van der Waals surface area contributed by atoms with Crippen LogP contribution in [-0.2, 0) is 20.9 Å². The van der Waals surface area contributed by atoms with Crippen molar-refractivity contribution in [3.8, 4) is 0 Å². The second kappa shape index (κ2) is 12.5. The van der Waals surface area contributed by atoms with Gasteiger partial charge in [0.15, 0.2) is 7.14 Å². The molecular formula is C34H45F4IO3S. The number of alkyl halides is 4. The van der Waals surface area contributed by atoms with Crippen LogP contribution in [0.1, 0.15) is 97.6 Å². The van der Waals surface area contributed by atoms with Crippen LogP contribution in [0.2, 0.25) is 0 Å². The summed E-state index contributed by atoms with van der Waals surface area (Å²) in [7, 11) is -5.06. The van der Waals surface area contributed by atoms with Crippen molar-refractivity contribution in [2.75, 3.05) is 0 Å². The van der Waals surface area contributed by atoms with Crippen LogP contribution in [0.25, 0.3) is 0 Å². The Balaban J connectivity index is 0.000000197. The van der Waals surface area contributed by atoms with Crippen molar-refractivity contribution in [2.45, 2.75) is 115 Å². The minimum Gasteiger partial charge on any atom is -0.748 e. The van der Waals surface area contributed by atoms with E-state index >= 15 is 0 Å². The smallest absolute Gasteiger partial charge is 0.358 e. The first-order valence-corrected chi connectivity index (χ1v) is 18.8. The fraction of sp³-hybridized carbons (Fsp3) is 0.647. The lowest BCUT2D eigenvalue weighted by molar-refractivity contribution is -0.599. The van der Waals surface area contributed by atoms with Crippen molar-refractivity contribution < 1.29 is 51.7 Å². The summed E-state index contributed by atoms with van der Waals surface area (Å²) in [5.41, 5.74) is 2.41. The first-order chi connectivity index (χ1) is 19.7. The standard InChI is InChI=1S/C20H26I.C14H20F4O3S/c1-19(2,3)15-11-7-9-13-17(15)21-18-14-10-8-12-16(18)20(4,5)6;15-12(16)14(17,18)7-11(22(19,20)21)13-4-8-1-9(5-13)3-10(2-8)6-13/h7-14H,1-6H3;8-12H,1-7H2,(H,19,20,21)/q+1;/p-1. The molecule has 4 fully saturated rings. The Morgan fingerprint density at radius 3 is 1.49 bits per heavy atom. The Hall–Kier alpha value is -1.20. The topological polar surface area (TPSA) is 57.2 Å².